The minimum absolute atomic E-state index is 0.0994. The lowest BCUT2D eigenvalue weighted by atomic mass is 9.91. The number of piperidine rings is 1. The summed E-state index contributed by atoms with van der Waals surface area (Å²) in [4.78, 5) is 17.7. The van der Waals surface area contributed by atoms with Crippen LogP contribution in [0.25, 0.3) is 0 Å². The van der Waals surface area contributed by atoms with Gasteiger partial charge in [0.15, 0.2) is 5.43 Å². The zero-order chi connectivity index (χ0) is 18.7. The minimum Gasteiger partial charge on any atom is -0.363 e. The van der Waals surface area contributed by atoms with Crippen molar-refractivity contribution < 1.29 is 8.78 Å². The van der Waals surface area contributed by atoms with E-state index in [1.165, 1.54) is 18.2 Å². The molecule has 2 heterocycles. The van der Waals surface area contributed by atoms with Crippen LogP contribution in [0.2, 0.25) is 0 Å². The lowest BCUT2D eigenvalue weighted by Gasteiger charge is -2.33. The van der Waals surface area contributed by atoms with Crippen molar-refractivity contribution >= 4 is 0 Å². The molecule has 1 atom stereocenters. The van der Waals surface area contributed by atoms with Crippen molar-refractivity contribution in [2.24, 2.45) is 5.92 Å². The highest BCUT2D eigenvalue weighted by atomic mass is 19.1. The monoisotopic (exact) mass is 360 g/mol. The van der Waals surface area contributed by atoms with Crippen LogP contribution in [0.15, 0.2) is 29.2 Å². The number of pyridine rings is 1. The molecule has 0 amide bonds. The van der Waals surface area contributed by atoms with Gasteiger partial charge in [0.05, 0.1) is 0 Å². The van der Waals surface area contributed by atoms with E-state index in [9.17, 15) is 13.6 Å². The van der Waals surface area contributed by atoms with Crippen LogP contribution in [-0.4, -0.2) is 23.0 Å². The molecule has 0 unspecified atom stereocenters. The van der Waals surface area contributed by atoms with Gasteiger partial charge in [-0.2, -0.15) is 0 Å². The van der Waals surface area contributed by atoms with E-state index in [0.717, 1.165) is 49.2 Å². The van der Waals surface area contributed by atoms with Gasteiger partial charge in [-0.1, -0.05) is 6.07 Å². The van der Waals surface area contributed by atoms with Crippen LogP contribution in [0, 0.1) is 31.4 Å². The van der Waals surface area contributed by atoms with Gasteiger partial charge in [0, 0.05) is 41.7 Å². The molecule has 3 nitrogen and oxygen atoms in total. The largest absolute Gasteiger partial charge is 0.363 e. The number of hydrogen-bond donors (Lipinski definition) is 1. The first-order chi connectivity index (χ1) is 12.5. The van der Waals surface area contributed by atoms with E-state index in [4.69, 9.17) is 0 Å². The third-order valence-corrected chi connectivity index (χ3v) is 5.46. The summed E-state index contributed by atoms with van der Waals surface area (Å²) in [5, 5.41) is 0. The third-order valence-electron chi connectivity index (χ3n) is 5.46. The predicted octanol–water partition coefficient (Wildman–Crippen LogP) is 4.11. The maximum Gasteiger partial charge on any atom is 0.187 e. The Kier molecular flexibility index (Phi) is 5.87. The van der Waals surface area contributed by atoms with E-state index in [0.29, 0.717) is 18.9 Å². The van der Waals surface area contributed by atoms with Gasteiger partial charge in [-0.05, 0) is 64.1 Å². The molecule has 2 aromatic rings. The summed E-state index contributed by atoms with van der Waals surface area (Å²) in [6.07, 6.45) is 5.12. The molecule has 26 heavy (non-hydrogen) atoms. The molecule has 1 N–H and O–H groups in total. The molecule has 3 rings (SSSR count). The average molecular weight is 360 g/mol. The van der Waals surface area contributed by atoms with Crippen molar-refractivity contribution in [1.29, 1.82) is 0 Å². The van der Waals surface area contributed by atoms with Crippen molar-refractivity contribution in [3.05, 3.63) is 68.6 Å². The number of aromatic nitrogens is 1. The van der Waals surface area contributed by atoms with Gasteiger partial charge in [-0.25, -0.2) is 8.78 Å². The van der Waals surface area contributed by atoms with Crippen LogP contribution >= 0.6 is 0 Å². The number of hydrogen-bond acceptors (Lipinski definition) is 2. The molecular weight excluding hydrogens is 334 g/mol. The first-order valence-electron chi connectivity index (χ1n) is 9.28. The summed E-state index contributed by atoms with van der Waals surface area (Å²) >= 11 is 0. The molecule has 140 valence electrons. The number of nitrogens with one attached hydrogen (secondary N) is 1. The number of rotatable bonds is 5. The maximum absolute atomic E-state index is 13.8. The van der Waals surface area contributed by atoms with E-state index in [-0.39, 0.29) is 11.0 Å². The Morgan fingerprint density at radius 3 is 2.69 bits per heavy atom. The molecule has 1 aliphatic heterocycles. The molecule has 0 radical (unpaired) electrons. The highest BCUT2D eigenvalue weighted by Gasteiger charge is 2.22. The third kappa shape index (κ3) is 4.21. The fourth-order valence-electron chi connectivity index (χ4n) is 3.84. The number of nitrogens with zero attached hydrogens (tertiary/aromatic N) is 1. The van der Waals surface area contributed by atoms with E-state index < -0.39 is 11.6 Å². The van der Waals surface area contributed by atoms with Crippen molar-refractivity contribution in [2.45, 2.75) is 46.1 Å². The van der Waals surface area contributed by atoms with Crippen molar-refractivity contribution in [3.63, 3.8) is 0 Å². The Balaban J connectivity index is 1.61. The predicted molar refractivity (Wildman–Crippen MR) is 99.2 cm³/mol. The van der Waals surface area contributed by atoms with E-state index >= 15 is 0 Å². The number of likely N-dealkylation sites (tertiary alicyclic amines) is 1. The van der Waals surface area contributed by atoms with Crippen molar-refractivity contribution in [1.82, 2.24) is 9.88 Å². The second kappa shape index (κ2) is 8.12. The van der Waals surface area contributed by atoms with E-state index in [1.54, 1.807) is 6.20 Å². The first-order valence-corrected chi connectivity index (χ1v) is 9.28. The van der Waals surface area contributed by atoms with Gasteiger partial charge in [-0.3, -0.25) is 9.69 Å². The van der Waals surface area contributed by atoms with Gasteiger partial charge in [-0.15, -0.1) is 0 Å². The molecule has 1 fully saturated rings. The summed E-state index contributed by atoms with van der Waals surface area (Å²) in [5.41, 5.74) is 2.77. The van der Waals surface area contributed by atoms with Crippen LogP contribution in [0.4, 0.5) is 8.78 Å². The molecule has 0 aliphatic carbocycles. The number of benzene rings is 1. The van der Waals surface area contributed by atoms with E-state index in [2.05, 4.69) is 9.88 Å². The molecule has 0 saturated carbocycles. The van der Waals surface area contributed by atoms with Gasteiger partial charge in [0.1, 0.15) is 11.6 Å². The molecule has 1 saturated heterocycles. The smallest absolute Gasteiger partial charge is 0.187 e. The number of halogens is 2. The molecule has 5 heteroatoms. The van der Waals surface area contributed by atoms with E-state index in [1.807, 2.05) is 13.8 Å². The molecule has 0 spiro atoms. The zero-order valence-electron chi connectivity index (χ0n) is 15.4. The van der Waals surface area contributed by atoms with Crippen LogP contribution in [0.5, 0.6) is 0 Å². The highest BCUT2D eigenvalue weighted by molar-refractivity contribution is 5.23. The molecule has 1 aromatic heterocycles. The van der Waals surface area contributed by atoms with Gasteiger partial charge < -0.3 is 4.98 Å². The molecule has 0 bridgehead atoms. The topological polar surface area (TPSA) is 36.1 Å². The van der Waals surface area contributed by atoms with Crippen LogP contribution in [-0.2, 0) is 13.0 Å². The summed E-state index contributed by atoms with van der Waals surface area (Å²) in [6.45, 7) is 6.27. The first kappa shape index (κ1) is 18.8. The summed E-state index contributed by atoms with van der Waals surface area (Å²) in [7, 11) is 0. The summed E-state index contributed by atoms with van der Waals surface area (Å²) < 4.78 is 27.6. The number of aromatic amines is 1. The van der Waals surface area contributed by atoms with Crippen LogP contribution in [0.3, 0.4) is 0 Å². The van der Waals surface area contributed by atoms with Crippen molar-refractivity contribution in [2.75, 3.05) is 13.1 Å². The normalized spacial score (nSPS) is 18.2. The molecule has 1 aliphatic rings. The molecular formula is C21H26F2N2O. The summed E-state index contributed by atoms with van der Waals surface area (Å²) in [6, 6.07) is 4.05. The average Bonchev–Trinajstić information content (AvgIpc) is 2.62. The van der Waals surface area contributed by atoms with Crippen molar-refractivity contribution in [3.8, 4) is 0 Å². The number of aryl methyl sites for hydroxylation is 1. The van der Waals surface area contributed by atoms with Gasteiger partial charge in [0.25, 0.3) is 0 Å². The summed E-state index contributed by atoms with van der Waals surface area (Å²) in [5.74, 6) is -0.490. The highest BCUT2D eigenvalue weighted by Crippen LogP contribution is 2.24. The Labute approximate surface area is 153 Å². The van der Waals surface area contributed by atoms with Gasteiger partial charge >= 0.3 is 0 Å². The Bertz CT molecular complexity index is 811. The minimum atomic E-state index is -0.453. The second-order valence-electron chi connectivity index (χ2n) is 7.39. The zero-order valence-corrected chi connectivity index (χ0v) is 15.4. The SMILES string of the molecule is Cc1c[nH]c(CN2CCC[C@@H](CCc3c(F)cccc3F)C2)c(C)c1=O. The fourth-order valence-corrected chi connectivity index (χ4v) is 3.84. The molecule has 1 aromatic carbocycles. The maximum atomic E-state index is 13.8. The standard InChI is InChI=1S/C21H26F2N2O/c1-14-11-24-20(15(2)21(14)26)13-25-10-4-5-16(12-25)8-9-17-18(22)6-3-7-19(17)23/h3,6-7,11,16H,4-5,8-10,12-13H2,1-2H3,(H,24,26)/t16-/m0/s1. The Hall–Kier alpha value is -2.01. The van der Waals surface area contributed by atoms with Crippen LogP contribution < -0.4 is 5.43 Å². The quantitative estimate of drug-likeness (QED) is 0.871. The van der Waals surface area contributed by atoms with Crippen LogP contribution in [0.1, 0.15) is 41.6 Å². The number of H-pyrrole nitrogens is 1. The Morgan fingerprint density at radius 2 is 1.96 bits per heavy atom. The lowest BCUT2D eigenvalue weighted by molar-refractivity contribution is 0.159. The lowest BCUT2D eigenvalue weighted by Crippen LogP contribution is -2.36. The fraction of sp³-hybridized carbons (Fsp3) is 0.476. The second-order valence-corrected chi connectivity index (χ2v) is 7.39. The van der Waals surface area contributed by atoms with Gasteiger partial charge in [0.2, 0.25) is 0 Å². The Morgan fingerprint density at radius 1 is 1.23 bits per heavy atom.